The summed E-state index contributed by atoms with van der Waals surface area (Å²) in [7, 11) is 0. The second-order valence-electron chi connectivity index (χ2n) is 10.6. The molecule has 2 N–H and O–H groups in total. The van der Waals surface area contributed by atoms with E-state index in [1.807, 2.05) is 43.3 Å². The van der Waals surface area contributed by atoms with Crippen molar-refractivity contribution in [2.45, 2.75) is 25.9 Å². The van der Waals surface area contributed by atoms with Crippen LogP contribution in [0.3, 0.4) is 0 Å². The van der Waals surface area contributed by atoms with E-state index in [-0.39, 0.29) is 11.6 Å². The zero-order chi connectivity index (χ0) is 30.2. The van der Waals surface area contributed by atoms with Gasteiger partial charge in [0.25, 0.3) is 5.91 Å². The summed E-state index contributed by atoms with van der Waals surface area (Å²) in [5.41, 5.74) is 3.75. The molecule has 0 aliphatic carbocycles. The van der Waals surface area contributed by atoms with Crippen LogP contribution in [0.4, 0.5) is 8.78 Å². The van der Waals surface area contributed by atoms with Crippen LogP contribution in [-0.2, 0) is 0 Å². The molecule has 5 aromatic carbocycles. The van der Waals surface area contributed by atoms with Gasteiger partial charge in [-0.15, -0.1) is 0 Å². The lowest BCUT2D eigenvalue weighted by Gasteiger charge is -2.19. The number of hydrogen-bond donors (Lipinski definition) is 2. The van der Waals surface area contributed by atoms with Crippen molar-refractivity contribution in [2.24, 2.45) is 0 Å². The van der Waals surface area contributed by atoms with E-state index in [0.29, 0.717) is 27.6 Å². The summed E-state index contributed by atoms with van der Waals surface area (Å²) in [6.07, 6.45) is 1.67. The number of hydrogen-bond acceptors (Lipinski definition) is 3. The Morgan fingerprint density at radius 3 is 2.21 bits per heavy atom. The minimum Gasteiger partial charge on any atom is -0.478 e. The number of fused-ring (bicyclic) bond motifs is 2. The minimum absolute atomic E-state index is 0.148. The third-order valence-corrected chi connectivity index (χ3v) is 7.82. The maximum Gasteiger partial charge on any atom is 0.335 e. The molecular formula is C35H27F2N3O3. The average Bonchev–Trinajstić information content (AvgIpc) is 3.45. The highest BCUT2D eigenvalue weighted by atomic mass is 19.2. The molecule has 6 rings (SSSR count). The molecular weight excluding hydrogens is 548 g/mol. The minimum atomic E-state index is -1.03. The molecule has 0 bridgehead atoms. The maximum atomic E-state index is 14.2. The molecule has 6 nitrogen and oxygen atoms in total. The monoisotopic (exact) mass is 575 g/mol. The number of benzene rings is 5. The standard InChI is InChI=1S/C35H27F2N3O3/c1-20(22-7-10-24(11-8-22)35(42)43)39-34(41)30-17-28(27-13-14-31(36)32(37)18-27)16-29-19-38-40(33(29)30)21(2)25-12-9-23-5-3-4-6-26(23)15-25/h3-21H,1-2H3,(H,39,41)(H,42,43)/t20-,21+/m0/s1. The maximum absolute atomic E-state index is 14.2. The Labute approximate surface area is 246 Å². The topological polar surface area (TPSA) is 84.2 Å². The van der Waals surface area contributed by atoms with Crippen LogP contribution in [0.25, 0.3) is 32.8 Å². The van der Waals surface area contributed by atoms with Gasteiger partial charge in [-0.05, 0) is 89.3 Å². The normalized spacial score (nSPS) is 12.7. The summed E-state index contributed by atoms with van der Waals surface area (Å²) in [6, 6.07) is 27.0. The van der Waals surface area contributed by atoms with Crippen LogP contribution in [0.5, 0.6) is 0 Å². The molecule has 214 valence electrons. The highest BCUT2D eigenvalue weighted by molar-refractivity contribution is 6.07. The van der Waals surface area contributed by atoms with E-state index in [1.165, 1.54) is 18.2 Å². The van der Waals surface area contributed by atoms with Crippen LogP contribution >= 0.6 is 0 Å². The molecule has 0 fully saturated rings. The first-order chi connectivity index (χ1) is 20.7. The Kier molecular flexibility index (Phi) is 7.19. The number of aromatic carboxylic acids is 1. The third kappa shape index (κ3) is 5.35. The predicted octanol–water partition coefficient (Wildman–Crippen LogP) is 7.93. The van der Waals surface area contributed by atoms with Crippen molar-refractivity contribution in [1.29, 1.82) is 0 Å². The molecule has 1 aromatic heterocycles. The van der Waals surface area contributed by atoms with Gasteiger partial charge >= 0.3 is 5.97 Å². The lowest BCUT2D eigenvalue weighted by Crippen LogP contribution is -2.27. The van der Waals surface area contributed by atoms with Crippen molar-refractivity contribution < 1.29 is 23.5 Å². The molecule has 0 radical (unpaired) electrons. The quantitative estimate of drug-likeness (QED) is 0.202. The molecule has 43 heavy (non-hydrogen) atoms. The second-order valence-corrected chi connectivity index (χ2v) is 10.6. The van der Waals surface area contributed by atoms with Crippen molar-refractivity contribution in [1.82, 2.24) is 15.1 Å². The van der Waals surface area contributed by atoms with E-state index in [9.17, 15) is 23.5 Å². The first-order valence-corrected chi connectivity index (χ1v) is 13.8. The van der Waals surface area contributed by atoms with Gasteiger partial charge in [-0.2, -0.15) is 5.10 Å². The van der Waals surface area contributed by atoms with Gasteiger partial charge in [-0.25, -0.2) is 13.6 Å². The molecule has 0 unspecified atom stereocenters. The van der Waals surface area contributed by atoms with Crippen LogP contribution < -0.4 is 5.32 Å². The largest absolute Gasteiger partial charge is 0.478 e. The molecule has 6 aromatic rings. The molecule has 1 amide bonds. The van der Waals surface area contributed by atoms with Crippen molar-refractivity contribution in [2.75, 3.05) is 0 Å². The van der Waals surface area contributed by atoms with Gasteiger partial charge in [-0.1, -0.05) is 54.6 Å². The zero-order valence-corrected chi connectivity index (χ0v) is 23.4. The van der Waals surface area contributed by atoms with Crippen molar-refractivity contribution >= 4 is 33.6 Å². The van der Waals surface area contributed by atoms with Gasteiger partial charge < -0.3 is 10.4 Å². The summed E-state index contributed by atoms with van der Waals surface area (Å²) in [5.74, 6) is -3.37. The molecule has 1 heterocycles. The lowest BCUT2D eigenvalue weighted by molar-refractivity contribution is 0.0696. The first-order valence-electron chi connectivity index (χ1n) is 13.8. The van der Waals surface area contributed by atoms with E-state index < -0.39 is 29.6 Å². The number of carboxylic acids is 1. The number of carboxylic acid groups (broad SMARTS) is 1. The van der Waals surface area contributed by atoms with Gasteiger partial charge in [0.15, 0.2) is 11.6 Å². The molecule has 0 aliphatic rings. The highest BCUT2D eigenvalue weighted by Crippen LogP contribution is 2.33. The summed E-state index contributed by atoms with van der Waals surface area (Å²) in [4.78, 5) is 25.2. The SMILES string of the molecule is C[C@H](NC(=O)c1cc(-c2ccc(F)c(F)c2)cc2cnn([C@H](C)c3ccc4ccccc4c3)c12)c1ccc(C(=O)O)cc1. The number of carbonyl (C=O) groups is 2. The Bertz CT molecular complexity index is 2020. The number of carbonyl (C=O) groups excluding carboxylic acids is 1. The Morgan fingerprint density at radius 2 is 1.49 bits per heavy atom. The fourth-order valence-electron chi connectivity index (χ4n) is 5.38. The number of amides is 1. The van der Waals surface area contributed by atoms with Crippen molar-refractivity contribution in [3.63, 3.8) is 0 Å². The van der Waals surface area contributed by atoms with Gasteiger partial charge in [0, 0.05) is 5.39 Å². The van der Waals surface area contributed by atoms with Crippen LogP contribution in [0.15, 0.2) is 103 Å². The Balaban J connectivity index is 1.44. The number of rotatable bonds is 7. The summed E-state index contributed by atoms with van der Waals surface area (Å²) < 4.78 is 29.7. The van der Waals surface area contributed by atoms with E-state index in [4.69, 9.17) is 0 Å². The molecule has 0 aliphatic heterocycles. The molecule has 2 atom stereocenters. The Hall–Kier alpha value is -5.37. The fourth-order valence-corrected chi connectivity index (χ4v) is 5.38. The van der Waals surface area contributed by atoms with Crippen LogP contribution in [0.1, 0.15) is 57.8 Å². The fraction of sp³-hybridized carbons (Fsp3) is 0.114. The average molecular weight is 576 g/mol. The molecule has 8 heteroatoms. The number of nitrogens with one attached hydrogen (secondary N) is 1. The van der Waals surface area contributed by atoms with Crippen molar-refractivity contribution in [3.8, 4) is 11.1 Å². The van der Waals surface area contributed by atoms with Crippen LogP contribution in [-0.4, -0.2) is 26.8 Å². The van der Waals surface area contributed by atoms with E-state index in [2.05, 4.69) is 22.5 Å². The van der Waals surface area contributed by atoms with Gasteiger partial charge in [-0.3, -0.25) is 9.48 Å². The molecule has 0 saturated heterocycles. The molecule has 0 saturated carbocycles. The summed E-state index contributed by atoms with van der Waals surface area (Å²) >= 11 is 0. The number of halogens is 2. The molecule has 0 spiro atoms. The predicted molar refractivity (Wildman–Crippen MR) is 162 cm³/mol. The zero-order valence-electron chi connectivity index (χ0n) is 23.4. The lowest BCUT2D eigenvalue weighted by atomic mass is 9.98. The smallest absolute Gasteiger partial charge is 0.335 e. The van der Waals surface area contributed by atoms with Crippen LogP contribution in [0.2, 0.25) is 0 Å². The van der Waals surface area contributed by atoms with E-state index >= 15 is 0 Å². The highest BCUT2D eigenvalue weighted by Gasteiger charge is 2.22. The van der Waals surface area contributed by atoms with E-state index in [0.717, 1.165) is 34.0 Å². The van der Waals surface area contributed by atoms with E-state index in [1.54, 1.807) is 36.0 Å². The number of nitrogens with zero attached hydrogens (tertiary/aromatic N) is 2. The van der Waals surface area contributed by atoms with Crippen molar-refractivity contribution in [3.05, 3.63) is 137 Å². The Morgan fingerprint density at radius 1 is 0.767 bits per heavy atom. The van der Waals surface area contributed by atoms with Gasteiger partial charge in [0.05, 0.1) is 34.9 Å². The van der Waals surface area contributed by atoms with Crippen LogP contribution in [0, 0.1) is 11.6 Å². The first kappa shape index (κ1) is 27.8. The van der Waals surface area contributed by atoms with Gasteiger partial charge in [0.1, 0.15) is 0 Å². The third-order valence-electron chi connectivity index (χ3n) is 7.82. The van der Waals surface area contributed by atoms with Gasteiger partial charge in [0.2, 0.25) is 0 Å². The summed E-state index contributed by atoms with van der Waals surface area (Å²) in [6.45, 7) is 3.81. The number of aromatic nitrogens is 2. The summed E-state index contributed by atoms with van der Waals surface area (Å²) in [5, 5.41) is 19.8. The second kappa shape index (κ2) is 11.1.